The number of nitrogens with zero attached hydrogens (tertiary/aromatic N) is 1. The van der Waals surface area contributed by atoms with E-state index >= 15 is 0 Å². The van der Waals surface area contributed by atoms with Gasteiger partial charge in [0.05, 0.1) is 6.54 Å². The number of hydrogen-bond donors (Lipinski definition) is 1. The zero-order chi connectivity index (χ0) is 8.11. The van der Waals surface area contributed by atoms with Gasteiger partial charge in [0.25, 0.3) is 6.02 Å². The van der Waals surface area contributed by atoms with Gasteiger partial charge in [-0.05, 0) is 18.3 Å². The Bertz CT molecular complexity index is 212. The van der Waals surface area contributed by atoms with Gasteiger partial charge in [-0.25, -0.2) is 4.99 Å². The van der Waals surface area contributed by atoms with Gasteiger partial charge >= 0.3 is 0 Å². The molecule has 0 aromatic rings. The Morgan fingerprint density at radius 3 is 2.45 bits per heavy atom. The number of rotatable bonds is 0. The Balaban J connectivity index is 2.00. The van der Waals surface area contributed by atoms with Gasteiger partial charge in [-0.15, -0.1) is 0 Å². The van der Waals surface area contributed by atoms with Crippen molar-refractivity contribution in [2.75, 3.05) is 6.54 Å². The van der Waals surface area contributed by atoms with Crippen LogP contribution in [0.3, 0.4) is 0 Å². The summed E-state index contributed by atoms with van der Waals surface area (Å²) in [5.74, 6) is 0. The zero-order valence-corrected chi connectivity index (χ0v) is 7.05. The third kappa shape index (κ3) is 0.988. The summed E-state index contributed by atoms with van der Waals surface area (Å²) in [6, 6.07) is 0.375. The van der Waals surface area contributed by atoms with E-state index in [4.69, 9.17) is 10.5 Å². The molecule has 0 radical (unpaired) electrons. The molecule has 0 atom stereocenters. The topological polar surface area (TPSA) is 47.6 Å². The zero-order valence-electron chi connectivity index (χ0n) is 7.05. The third-order valence-corrected chi connectivity index (χ3v) is 2.45. The number of nitrogens with two attached hydrogens (primary N) is 1. The first-order valence-corrected chi connectivity index (χ1v) is 4.00. The van der Waals surface area contributed by atoms with Gasteiger partial charge < -0.3 is 10.5 Å². The molecule has 3 nitrogen and oxygen atoms in total. The molecule has 3 heteroatoms. The summed E-state index contributed by atoms with van der Waals surface area (Å²) in [6.07, 6.45) is 2.17. The molecule has 1 fully saturated rings. The molecule has 1 aliphatic heterocycles. The van der Waals surface area contributed by atoms with Crippen LogP contribution in [0.25, 0.3) is 0 Å². The predicted octanol–water partition coefficient (Wildman–Crippen LogP) is 0.890. The lowest BCUT2D eigenvalue weighted by atomic mass is 9.61. The van der Waals surface area contributed by atoms with Gasteiger partial charge in [-0.1, -0.05) is 13.8 Å². The Morgan fingerprint density at radius 1 is 1.45 bits per heavy atom. The van der Waals surface area contributed by atoms with Gasteiger partial charge in [0.1, 0.15) is 5.60 Å². The van der Waals surface area contributed by atoms with Crippen molar-refractivity contribution in [2.45, 2.75) is 32.3 Å². The molecule has 1 heterocycles. The van der Waals surface area contributed by atoms with Crippen LogP contribution in [0.2, 0.25) is 0 Å². The maximum absolute atomic E-state index is 5.45. The Morgan fingerprint density at radius 2 is 2.09 bits per heavy atom. The van der Waals surface area contributed by atoms with Crippen molar-refractivity contribution in [1.29, 1.82) is 0 Å². The Labute approximate surface area is 66.6 Å². The molecular formula is C8H14N2O. The van der Waals surface area contributed by atoms with E-state index in [2.05, 4.69) is 18.8 Å². The van der Waals surface area contributed by atoms with E-state index in [9.17, 15) is 0 Å². The largest absolute Gasteiger partial charge is 0.457 e. The molecular weight excluding hydrogens is 140 g/mol. The summed E-state index contributed by atoms with van der Waals surface area (Å²) in [5, 5.41) is 0. The third-order valence-electron chi connectivity index (χ3n) is 2.45. The van der Waals surface area contributed by atoms with E-state index in [1.54, 1.807) is 0 Å². The lowest BCUT2D eigenvalue weighted by molar-refractivity contribution is -0.0803. The highest BCUT2D eigenvalue weighted by Crippen LogP contribution is 2.51. The van der Waals surface area contributed by atoms with Crippen LogP contribution in [0.1, 0.15) is 26.7 Å². The van der Waals surface area contributed by atoms with Crippen LogP contribution < -0.4 is 5.73 Å². The van der Waals surface area contributed by atoms with Crippen molar-refractivity contribution >= 4 is 6.02 Å². The average molecular weight is 154 g/mol. The van der Waals surface area contributed by atoms with Crippen molar-refractivity contribution in [3.05, 3.63) is 0 Å². The molecule has 2 rings (SSSR count). The summed E-state index contributed by atoms with van der Waals surface area (Å²) in [7, 11) is 0. The fourth-order valence-corrected chi connectivity index (χ4v) is 2.38. The lowest BCUT2D eigenvalue weighted by Gasteiger charge is -2.49. The quantitative estimate of drug-likeness (QED) is 0.563. The molecule has 1 saturated carbocycles. The van der Waals surface area contributed by atoms with Crippen LogP contribution in [-0.4, -0.2) is 18.2 Å². The van der Waals surface area contributed by atoms with E-state index in [0.717, 1.165) is 19.4 Å². The second kappa shape index (κ2) is 1.71. The van der Waals surface area contributed by atoms with Crippen molar-refractivity contribution in [3.8, 4) is 0 Å². The Hall–Kier alpha value is -0.730. The highest BCUT2D eigenvalue weighted by molar-refractivity contribution is 5.73. The second-order valence-electron chi connectivity index (χ2n) is 4.46. The first-order valence-electron chi connectivity index (χ1n) is 4.00. The molecule has 0 amide bonds. The first-order chi connectivity index (χ1) is 5.02. The van der Waals surface area contributed by atoms with Crippen molar-refractivity contribution < 1.29 is 4.74 Å². The molecule has 0 aromatic heterocycles. The molecule has 2 aliphatic rings. The number of amidine groups is 1. The molecule has 1 spiro atoms. The van der Waals surface area contributed by atoms with Crippen LogP contribution in [0.4, 0.5) is 0 Å². The smallest absolute Gasteiger partial charge is 0.282 e. The number of ether oxygens (including phenoxy) is 1. The second-order valence-corrected chi connectivity index (χ2v) is 4.46. The van der Waals surface area contributed by atoms with Gasteiger partial charge in [-0.3, -0.25) is 0 Å². The molecule has 0 aromatic carbocycles. The summed E-state index contributed by atoms with van der Waals surface area (Å²) in [5.41, 5.74) is 5.86. The molecule has 0 bridgehead atoms. The summed E-state index contributed by atoms with van der Waals surface area (Å²) >= 11 is 0. The minimum Gasteiger partial charge on any atom is -0.457 e. The van der Waals surface area contributed by atoms with Crippen LogP contribution in [0, 0.1) is 5.41 Å². The van der Waals surface area contributed by atoms with E-state index < -0.39 is 0 Å². The van der Waals surface area contributed by atoms with E-state index in [1.807, 2.05) is 0 Å². The van der Waals surface area contributed by atoms with Crippen LogP contribution in [0.15, 0.2) is 4.99 Å². The van der Waals surface area contributed by atoms with Crippen molar-refractivity contribution in [2.24, 2.45) is 16.1 Å². The van der Waals surface area contributed by atoms with Crippen LogP contribution in [-0.2, 0) is 4.74 Å². The standard InChI is InChI=1S/C8H14N2O/c1-7(2)3-8(4-7)5-10-6(9)11-8/h3-5H2,1-2H3,(H2,9,10). The number of hydrogen-bond acceptors (Lipinski definition) is 3. The summed E-state index contributed by atoms with van der Waals surface area (Å²) in [4.78, 5) is 4.05. The summed E-state index contributed by atoms with van der Waals surface area (Å²) in [6.45, 7) is 5.26. The number of aliphatic imine (C=N–C) groups is 1. The SMILES string of the molecule is CC1(C)CC2(CN=C(N)O2)C1. The molecule has 1 aliphatic carbocycles. The predicted molar refractivity (Wildman–Crippen MR) is 43.3 cm³/mol. The fourth-order valence-electron chi connectivity index (χ4n) is 2.38. The lowest BCUT2D eigenvalue weighted by Crippen LogP contribution is -2.52. The monoisotopic (exact) mass is 154 g/mol. The van der Waals surface area contributed by atoms with Gasteiger partial charge in [-0.2, -0.15) is 0 Å². The van der Waals surface area contributed by atoms with Gasteiger partial charge in [0, 0.05) is 0 Å². The minimum atomic E-state index is -0.00637. The normalized spacial score (nSPS) is 30.9. The van der Waals surface area contributed by atoms with E-state index in [1.165, 1.54) is 0 Å². The average Bonchev–Trinajstić information content (AvgIpc) is 2.08. The van der Waals surface area contributed by atoms with Gasteiger partial charge in [0.15, 0.2) is 0 Å². The first kappa shape index (κ1) is 6.95. The molecule has 0 unspecified atom stereocenters. The van der Waals surface area contributed by atoms with Crippen LogP contribution in [0.5, 0.6) is 0 Å². The highest BCUT2D eigenvalue weighted by Gasteiger charge is 2.53. The molecule has 11 heavy (non-hydrogen) atoms. The Kier molecular flexibility index (Phi) is 1.08. The molecule has 0 saturated heterocycles. The van der Waals surface area contributed by atoms with E-state index in [0.29, 0.717) is 11.4 Å². The van der Waals surface area contributed by atoms with Gasteiger partial charge in [0.2, 0.25) is 0 Å². The van der Waals surface area contributed by atoms with E-state index in [-0.39, 0.29) is 5.60 Å². The van der Waals surface area contributed by atoms with Crippen LogP contribution >= 0.6 is 0 Å². The highest BCUT2D eigenvalue weighted by atomic mass is 16.5. The maximum atomic E-state index is 5.45. The molecule has 62 valence electrons. The summed E-state index contributed by atoms with van der Waals surface area (Å²) < 4.78 is 5.45. The minimum absolute atomic E-state index is 0.00637. The molecule has 2 N–H and O–H groups in total. The maximum Gasteiger partial charge on any atom is 0.282 e. The van der Waals surface area contributed by atoms with Crippen molar-refractivity contribution in [1.82, 2.24) is 0 Å². The fraction of sp³-hybridized carbons (Fsp3) is 0.875. The van der Waals surface area contributed by atoms with Crippen molar-refractivity contribution in [3.63, 3.8) is 0 Å².